The summed E-state index contributed by atoms with van der Waals surface area (Å²) in [6, 6.07) is 2.65. The molecule has 0 atom stereocenters. The first kappa shape index (κ1) is 20.4. The molecule has 11 heteroatoms. The molecule has 158 valence electrons. The Bertz CT molecular complexity index is 1070. The van der Waals surface area contributed by atoms with Crippen molar-refractivity contribution in [1.82, 2.24) is 25.1 Å². The van der Waals surface area contributed by atoms with Gasteiger partial charge in [0.1, 0.15) is 12.1 Å². The quantitative estimate of drug-likeness (QED) is 0.435. The Labute approximate surface area is 176 Å². The van der Waals surface area contributed by atoms with Crippen LogP contribution in [0.25, 0.3) is 11.0 Å². The second-order valence-electron chi connectivity index (χ2n) is 6.57. The van der Waals surface area contributed by atoms with E-state index in [1.165, 1.54) is 12.1 Å². The molecule has 0 aromatic carbocycles. The van der Waals surface area contributed by atoms with Crippen molar-refractivity contribution in [3.05, 3.63) is 40.6 Å². The maximum absolute atomic E-state index is 12.2. The van der Waals surface area contributed by atoms with Gasteiger partial charge in [0.2, 0.25) is 0 Å². The van der Waals surface area contributed by atoms with Gasteiger partial charge >= 0.3 is 5.63 Å². The van der Waals surface area contributed by atoms with E-state index < -0.39 is 5.63 Å². The predicted molar refractivity (Wildman–Crippen MR) is 112 cm³/mol. The maximum atomic E-state index is 12.2. The summed E-state index contributed by atoms with van der Waals surface area (Å²) in [6.45, 7) is 5.74. The number of nitrogens with zero attached hydrogens (tertiary/aromatic N) is 5. The molecule has 1 aliphatic rings. The molecule has 0 saturated carbocycles. The Hall–Kier alpha value is -2.92. The lowest BCUT2D eigenvalue weighted by molar-refractivity contribution is 0.0949. The molecule has 0 radical (unpaired) electrons. The topological polar surface area (TPSA) is 115 Å². The fourth-order valence-corrected chi connectivity index (χ4v) is 3.72. The third kappa shape index (κ3) is 4.46. The number of nitrogens with one attached hydrogen (secondary N) is 1. The Morgan fingerprint density at radius 2 is 2.10 bits per heavy atom. The van der Waals surface area contributed by atoms with Gasteiger partial charge in [-0.2, -0.15) is 5.10 Å². The van der Waals surface area contributed by atoms with Crippen LogP contribution in [0.2, 0.25) is 0 Å². The Kier molecular flexibility index (Phi) is 6.29. The van der Waals surface area contributed by atoms with Gasteiger partial charge in [-0.15, -0.1) is 0 Å². The molecular formula is C19H22N6O4S. The highest BCUT2D eigenvalue weighted by Gasteiger charge is 2.20. The molecule has 4 heterocycles. The lowest BCUT2D eigenvalue weighted by atomic mass is 10.3. The molecule has 0 spiro atoms. The lowest BCUT2D eigenvalue weighted by Gasteiger charge is -2.28. The van der Waals surface area contributed by atoms with Crippen LogP contribution in [0.15, 0.2) is 39.0 Å². The van der Waals surface area contributed by atoms with Crippen LogP contribution >= 0.6 is 11.8 Å². The molecule has 3 aromatic heterocycles. The van der Waals surface area contributed by atoms with Crippen molar-refractivity contribution in [2.24, 2.45) is 0 Å². The van der Waals surface area contributed by atoms with Crippen LogP contribution in [0.5, 0.6) is 0 Å². The van der Waals surface area contributed by atoms with Gasteiger partial charge in [-0.25, -0.2) is 19.4 Å². The second-order valence-corrected chi connectivity index (χ2v) is 7.80. The van der Waals surface area contributed by atoms with Crippen molar-refractivity contribution < 1.29 is 13.9 Å². The van der Waals surface area contributed by atoms with E-state index in [0.29, 0.717) is 37.0 Å². The maximum Gasteiger partial charge on any atom is 0.335 e. The molecular weight excluding hydrogens is 408 g/mol. The number of rotatable bonds is 7. The van der Waals surface area contributed by atoms with E-state index in [2.05, 4.69) is 27.2 Å². The largest absolute Gasteiger partial charge is 0.430 e. The van der Waals surface area contributed by atoms with E-state index in [0.717, 1.165) is 42.0 Å². The predicted octanol–water partition coefficient (Wildman–Crippen LogP) is 1.16. The fraction of sp³-hybridized carbons (Fsp3) is 0.421. The summed E-state index contributed by atoms with van der Waals surface area (Å²) >= 11 is 1.58. The SMILES string of the molecule is CCSc1nc(N2CCOCC2)c2cnn(CCNC(=O)c3ccc(=O)oc3)c2n1. The average molecular weight is 430 g/mol. The standard InChI is InChI=1S/C19H22N6O4S/c1-2-30-19-22-16(24-7-9-28-10-8-24)14-11-21-25(17(14)23-19)6-5-20-18(27)13-3-4-15(26)29-12-13/h3-4,11-12H,2,5-10H2,1H3,(H,20,27). The number of amides is 1. The molecule has 3 aromatic rings. The minimum absolute atomic E-state index is 0.290. The molecule has 1 N–H and O–H groups in total. The monoisotopic (exact) mass is 430 g/mol. The zero-order chi connectivity index (χ0) is 20.9. The number of carbonyl (C=O) groups is 1. The van der Waals surface area contributed by atoms with Gasteiger partial charge in [-0.05, 0) is 11.8 Å². The Balaban J connectivity index is 1.52. The van der Waals surface area contributed by atoms with Crippen LogP contribution in [-0.4, -0.2) is 64.3 Å². The number of thioether (sulfide) groups is 1. The number of ether oxygens (including phenoxy) is 1. The number of aromatic nitrogens is 4. The van der Waals surface area contributed by atoms with Crippen molar-refractivity contribution in [3.63, 3.8) is 0 Å². The summed E-state index contributed by atoms with van der Waals surface area (Å²) in [5.74, 6) is 1.42. The Morgan fingerprint density at radius 1 is 1.27 bits per heavy atom. The molecule has 10 nitrogen and oxygen atoms in total. The van der Waals surface area contributed by atoms with Crippen LogP contribution in [0.1, 0.15) is 17.3 Å². The molecule has 4 rings (SSSR count). The lowest BCUT2D eigenvalue weighted by Crippen LogP contribution is -2.37. The van der Waals surface area contributed by atoms with Crippen LogP contribution < -0.4 is 15.8 Å². The van der Waals surface area contributed by atoms with Gasteiger partial charge < -0.3 is 19.4 Å². The van der Waals surface area contributed by atoms with Crippen molar-refractivity contribution in [1.29, 1.82) is 0 Å². The van der Waals surface area contributed by atoms with Crippen molar-refractivity contribution in [2.45, 2.75) is 18.6 Å². The van der Waals surface area contributed by atoms with Crippen molar-refractivity contribution >= 4 is 34.5 Å². The summed E-state index contributed by atoms with van der Waals surface area (Å²) in [5.41, 5.74) is 0.534. The summed E-state index contributed by atoms with van der Waals surface area (Å²) in [5, 5.41) is 8.86. The van der Waals surface area contributed by atoms with E-state index in [1.807, 2.05) is 0 Å². The zero-order valence-corrected chi connectivity index (χ0v) is 17.4. The van der Waals surface area contributed by atoms with E-state index in [4.69, 9.17) is 14.1 Å². The normalized spacial score (nSPS) is 14.2. The van der Waals surface area contributed by atoms with Crippen LogP contribution in [0.3, 0.4) is 0 Å². The molecule has 1 fully saturated rings. The smallest absolute Gasteiger partial charge is 0.335 e. The van der Waals surface area contributed by atoms with Crippen molar-refractivity contribution in [2.75, 3.05) is 43.5 Å². The molecule has 1 amide bonds. The molecule has 30 heavy (non-hydrogen) atoms. The first-order valence-corrected chi connectivity index (χ1v) is 10.7. The minimum atomic E-state index is -0.494. The number of carbonyl (C=O) groups excluding carboxylic acids is 1. The van der Waals surface area contributed by atoms with E-state index >= 15 is 0 Å². The van der Waals surface area contributed by atoms with E-state index in [1.54, 1.807) is 22.6 Å². The van der Waals surface area contributed by atoms with Gasteiger partial charge in [0, 0.05) is 25.7 Å². The van der Waals surface area contributed by atoms with Crippen LogP contribution in [-0.2, 0) is 11.3 Å². The number of hydrogen-bond donors (Lipinski definition) is 1. The number of fused-ring (bicyclic) bond motifs is 1. The van der Waals surface area contributed by atoms with Crippen LogP contribution in [0.4, 0.5) is 5.82 Å². The van der Waals surface area contributed by atoms with E-state index in [-0.39, 0.29) is 5.91 Å². The molecule has 0 unspecified atom stereocenters. The first-order chi connectivity index (χ1) is 14.7. The van der Waals surface area contributed by atoms with Gasteiger partial charge in [-0.3, -0.25) is 4.79 Å². The fourth-order valence-electron chi connectivity index (χ4n) is 3.16. The highest BCUT2D eigenvalue weighted by atomic mass is 32.2. The third-order valence-electron chi connectivity index (χ3n) is 4.61. The third-order valence-corrected chi connectivity index (χ3v) is 5.34. The Morgan fingerprint density at radius 3 is 2.83 bits per heavy atom. The summed E-state index contributed by atoms with van der Waals surface area (Å²) in [6.07, 6.45) is 2.92. The first-order valence-electron chi connectivity index (χ1n) is 9.72. The van der Waals surface area contributed by atoms with Gasteiger partial charge in [0.15, 0.2) is 10.8 Å². The van der Waals surface area contributed by atoms with Gasteiger partial charge in [0.05, 0.1) is 36.9 Å². The molecule has 1 aliphatic heterocycles. The zero-order valence-electron chi connectivity index (χ0n) is 16.5. The number of morpholine rings is 1. The molecule has 0 bridgehead atoms. The highest BCUT2D eigenvalue weighted by Crippen LogP contribution is 2.27. The summed E-state index contributed by atoms with van der Waals surface area (Å²) < 4.78 is 12.0. The van der Waals surface area contributed by atoms with Gasteiger partial charge in [-0.1, -0.05) is 18.7 Å². The summed E-state index contributed by atoms with van der Waals surface area (Å²) in [4.78, 5) is 34.8. The van der Waals surface area contributed by atoms with E-state index in [9.17, 15) is 9.59 Å². The molecule has 1 saturated heterocycles. The van der Waals surface area contributed by atoms with Gasteiger partial charge in [0.25, 0.3) is 5.91 Å². The second kappa shape index (κ2) is 9.26. The summed E-state index contributed by atoms with van der Waals surface area (Å²) in [7, 11) is 0. The average Bonchev–Trinajstić information content (AvgIpc) is 3.17. The molecule has 0 aliphatic carbocycles. The number of anilines is 1. The van der Waals surface area contributed by atoms with Crippen LogP contribution in [0, 0.1) is 0 Å². The minimum Gasteiger partial charge on any atom is -0.430 e. The number of hydrogen-bond acceptors (Lipinski definition) is 9. The highest BCUT2D eigenvalue weighted by molar-refractivity contribution is 7.99. The van der Waals surface area contributed by atoms with Crippen molar-refractivity contribution in [3.8, 4) is 0 Å².